The summed E-state index contributed by atoms with van der Waals surface area (Å²) in [5.74, 6) is 1.08. The fourth-order valence-corrected chi connectivity index (χ4v) is 3.20. The topological polar surface area (TPSA) is 68.8 Å². The summed E-state index contributed by atoms with van der Waals surface area (Å²) in [7, 11) is 0. The fraction of sp³-hybridized carbons (Fsp3) is 0.391. The van der Waals surface area contributed by atoms with Crippen LogP contribution in [0, 0.1) is 0 Å². The van der Waals surface area contributed by atoms with Crippen LogP contribution >= 0.6 is 12.2 Å². The van der Waals surface area contributed by atoms with E-state index in [4.69, 9.17) is 26.4 Å². The Bertz CT molecular complexity index is 868. The maximum absolute atomic E-state index is 12.5. The van der Waals surface area contributed by atoms with Crippen molar-refractivity contribution in [1.82, 2.24) is 5.32 Å². The summed E-state index contributed by atoms with van der Waals surface area (Å²) in [6, 6.07) is 14.5. The van der Waals surface area contributed by atoms with E-state index in [9.17, 15) is 4.79 Å². The van der Waals surface area contributed by atoms with Gasteiger partial charge in [0.1, 0.15) is 18.1 Å². The molecular weight excluding hydrogens is 400 g/mol. The predicted octanol–water partition coefficient (Wildman–Crippen LogP) is 4.55. The van der Waals surface area contributed by atoms with Crippen LogP contribution in [-0.4, -0.2) is 36.4 Å². The van der Waals surface area contributed by atoms with Gasteiger partial charge in [-0.25, -0.2) is 0 Å². The molecule has 1 aliphatic heterocycles. The second kappa shape index (κ2) is 10.9. The molecule has 3 rings (SSSR count). The minimum atomic E-state index is -0.298. The van der Waals surface area contributed by atoms with Gasteiger partial charge in [-0.2, -0.15) is 0 Å². The molecule has 1 aliphatic rings. The van der Waals surface area contributed by atoms with Crippen molar-refractivity contribution in [2.45, 2.75) is 45.3 Å². The normalized spacial score (nSPS) is 16.5. The second-order valence-electron chi connectivity index (χ2n) is 7.25. The molecule has 0 aliphatic carbocycles. The SMILES string of the molecule is CCC(C)Oc1cccc(C(=O)NC(=S)Nc2cccc(OCC3CCCO3)c2)c1. The van der Waals surface area contributed by atoms with Crippen LogP contribution in [0.2, 0.25) is 0 Å². The summed E-state index contributed by atoms with van der Waals surface area (Å²) < 4.78 is 17.2. The van der Waals surface area contributed by atoms with Crippen molar-refractivity contribution in [2.75, 3.05) is 18.5 Å². The van der Waals surface area contributed by atoms with E-state index in [-0.39, 0.29) is 23.2 Å². The highest BCUT2D eigenvalue weighted by Crippen LogP contribution is 2.20. The Morgan fingerprint density at radius 1 is 1.23 bits per heavy atom. The minimum Gasteiger partial charge on any atom is -0.491 e. The number of thiocarbonyl (C=S) groups is 1. The van der Waals surface area contributed by atoms with Gasteiger partial charge in [0.15, 0.2) is 5.11 Å². The summed E-state index contributed by atoms with van der Waals surface area (Å²) in [6.45, 7) is 5.37. The van der Waals surface area contributed by atoms with Gasteiger partial charge >= 0.3 is 0 Å². The zero-order valence-corrected chi connectivity index (χ0v) is 18.2. The smallest absolute Gasteiger partial charge is 0.257 e. The van der Waals surface area contributed by atoms with Crippen molar-refractivity contribution in [3.8, 4) is 11.5 Å². The van der Waals surface area contributed by atoms with Gasteiger partial charge in [-0.15, -0.1) is 0 Å². The van der Waals surface area contributed by atoms with Crippen LogP contribution in [0.1, 0.15) is 43.5 Å². The van der Waals surface area contributed by atoms with Crippen LogP contribution in [0.3, 0.4) is 0 Å². The first-order valence-electron chi connectivity index (χ1n) is 10.3. The Kier molecular flexibility index (Phi) is 8.04. The number of nitrogens with one attached hydrogen (secondary N) is 2. The molecule has 0 aromatic heterocycles. The first-order chi connectivity index (χ1) is 14.5. The maximum Gasteiger partial charge on any atom is 0.257 e. The van der Waals surface area contributed by atoms with Crippen molar-refractivity contribution in [3.05, 3.63) is 54.1 Å². The average molecular weight is 429 g/mol. The molecular formula is C23H28N2O4S. The summed E-state index contributed by atoms with van der Waals surface area (Å²) in [5, 5.41) is 5.94. The van der Waals surface area contributed by atoms with Gasteiger partial charge in [0, 0.05) is 23.9 Å². The molecule has 2 aromatic rings. The molecule has 6 nitrogen and oxygen atoms in total. The number of anilines is 1. The zero-order valence-electron chi connectivity index (χ0n) is 17.4. The number of hydrogen-bond acceptors (Lipinski definition) is 5. The molecule has 1 heterocycles. The van der Waals surface area contributed by atoms with Crippen molar-refractivity contribution >= 4 is 28.9 Å². The van der Waals surface area contributed by atoms with Crippen molar-refractivity contribution in [3.63, 3.8) is 0 Å². The Labute approximate surface area is 182 Å². The lowest BCUT2D eigenvalue weighted by atomic mass is 10.2. The number of benzene rings is 2. The maximum atomic E-state index is 12.5. The lowest BCUT2D eigenvalue weighted by molar-refractivity contribution is 0.0680. The van der Waals surface area contributed by atoms with Gasteiger partial charge in [-0.3, -0.25) is 10.1 Å². The first kappa shape index (κ1) is 22.1. The number of amides is 1. The molecule has 160 valence electrons. The van der Waals surface area contributed by atoms with E-state index in [1.165, 1.54) is 0 Å². The van der Waals surface area contributed by atoms with E-state index in [2.05, 4.69) is 10.6 Å². The van der Waals surface area contributed by atoms with E-state index in [1.807, 2.05) is 44.2 Å². The molecule has 0 saturated carbocycles. The van der Waals surface area contributed by atoms with Gasteiger partial charge in [-0.05, 0) is 68.7 Å². The summed E-state index contributed by atoms with van der Waals surface area (Å²) in [4.78, 5) is 12.5. The number of carbonyl (C=O) groups is 1. The molecule has 1 amide bonds. The third-order valence-electron chi connectivity index (χ3n) is 4.79. The van der Waals surface area contributed by atoms with Gasteiger partial charge in [0.2, 0.25) is 0 Å². The quantitative estimate of drug-likeness (QED) is 0.602. The highest BCUT2D eigenvalue weighted by molar-refractivity contribution is 7.80. The van der Waals surface area contributed by atoms with Crippen molar-refractivity contribution < 1.29 is 19.0 Å². The van der Waals surface area contributed by atoms with Crippen molar-refractivity contribution in [2.24, 2.45) is 0 Å². The summed E-state index contributed by atoms with van der Waals surface area (Å²) in [5.41, 5.74) is 1.22. The Hall–Kier alpha value is -2.64. The molecule has 0 spiro atoms. The van der Waals surface area contributed by atoms with Crippen LogP contribution in [0.15, 0.2) is 48.5 Å². The highest BCUT2D eigenvalue weighted by atomic mass is 32.1. The Morgan fingerprint density at radius 2 is 2.03 bits per heavy atom. The third kappa shape index (κ3) is 6.71. The molecule has 2 atom stereocenters. The van der Waals surface area contributed by atoms with E-state index in [1.54, 1.807) is 18.2 Å². The summed E-state index contributed by atoms with van der Waals surface area (Å²) in [6.07, 6.45) is 3.23. The average Bonchev–Trinajstić information content (AvgIpc) is 3.26. The Balaban J connectivity index is 1.53. The van der Waals surface area contributed by atoms with Gasteiger partial charge in [0.05, 0.1) is 12.2 Å². The van der Waals surface area contributed by atoms with Gasteiger partial charge in [-0.1, -0.05) is 19.1 Å². The Morgan fingerprint density at radius 3 is 2.80 bits per heavy atom. The van der Waals surface area contributed by atoms with Gasteiger partial charge in [0.25, 0.3) is 5.91 Å². The van der Waals surface area contributed by atoms with E-state index in [0.717, 1.165) is 37.3 Å². The number of rotatable bonds is 8. The van der Waals surface area contributed by atoms with Gasteiger partial charge < -0.3 is 19.5 Å². The second-order valence-corrected chi connectivity index (χ2v) is 7.65. The molecule has 7 heteroatoms. The molecule has 1 saturated heterocycles. The molecule has 2 aromatic carbocycles. The minimum absolute atomic E-state index is 0.0841. The molecule has 2 N–H and O–H groups in total. The molecule has 30 heavy (non-hydrogen) atoms. The predicted molar refractivity (Wildman–Crippen MR) is 121 cm³/mol. The monoisotopic (exact) mass is 428 g/mol. The van der Waals surface area contributed by atoms with E-state index >= 15 is 0 Å². The zero-order chi connectivity index (χ0) is 21.3. The van der Waals surface area contributed by atoms with Crippen LogP contribution in [-0.2, 0) is 4.74 Å². The molecule has 0 bridgehead atoms. The van der Waals surface area contributed by atoms with E-state index < -0.39 is 0 Å². The standard InChI is InChI=1S/C23H28N2O4S/c1-3-16(2)29-20-10-4-7-17(13-20)22(26)25-23(30)24-18-8-5-9-19(14-18)28-15-21-11-6-12-27-21/h4-5,7-10,13-14,16,21H,3,6,11-12,15H2,1-2H3,(H2,24,25,26,30). The van der Waals surface area contributed by atoms with Crippen LogP contribution in [0.5, 0.6) is 11.5 Å². The largest absolute Gasteiger partial charge is 0.491 e. The van der Waals surface area contributed by atoms with Crippen LogP contribution in [0.25, 0.3) is 0 Å². The summed E-state index contributed by atoms with van der Waals surface area (Å²) >= 11 is 5.29. The van der Waals surface area contributed by atoms with Crippen LogP contribution < -0.4 is 20.1 Å². The molecule has 1 fully saturated rings. The molecule has 0 radical (unpaired) electrons. The van der Waals surface area contributed by atoms with Crippen molar-refractivity contribution in [1.29, 1.82) is 0 Å². The number of ether oxygens (including phenoxy) is 3. The molecule has 2 unspecified atom stereocenters. The highest BCUT2D eigenvalue weighted by Gasteiger charge is 2.16. The fourth-order valence-electron chi connectivity index (χ4n) is 2.99. The lowest BCUT2D eigenvalue weighted by Gasteiger charge is -2.14. The lowest BCUT2D eigenvalue weighted by Crippen LogP contribution is -2.34. The number of carbonyl (C=O) groups excluding carboxylic acids is 1. The van der Waals surface area contributed by atoms with Crippen LogP contribution in [0.4, 0.5) is 5.69 Å². The third-order valence-corrected chi connectivity index (χ3v) is 4.99. The number of hydrogen-bond donors (Lipinski definition) is 2. The van der Waals surface area contributed by atoms with E-state index in [0.29, 0.717) is 17.9 Å². The first-order valence-corrected chi connectivity index (χ1v) is 10.7.